The first-order valence-electron chi connectivity index (χ1n) is 9.67. The summed E-state index contributed by atoms with van der Waals surface area (Å²) in [5.74, 6) is 2.59. The molecule has 29 heavy (non-hydrogen) atoms. The lowest BCUT2D eigenvalue weighted by molar-refractivity contribution is 0.0162. The van der Waals surface area contributed by atoms with Crippen molar-refractivity contribution in [3.63, 3.8) is 0 Å². The van der Waals surface area contributed by atoms with E-state index in [-0.39, 0.29) is 25.5 Å². The van der Waals surface area contributed by atoms with E-state index < -0.39 is 0 Å². The molecule has 2 aromatic carbocycles. The molecule has 0 aliphatic carbocycles. The Kier molecular flexibility index (Phi) is 4.87. The lowest BCUT2D eigenvalue weighted by Gasteiger charge is -2.35. The molecule has 5 rings (SSSR count). The van der Waals surface area contributed by atoms with Gasteiger partial charge in [0.05, 0.1) is 19.3 Å². The van der Waals surface area contributed by atoms with Gasteiger partial charge in [0.15, 0.2) is 23.0 Å². The van der Waals surface area contributed by atoms with Gasteiger partial charge in [0, 0.05) is 25.2 Å². The first-order valence-corrected chi connectivity index (χ1v) is 9.67. The zero-order chi connectivity index (χ0) is 19.6. The van der Waals surface area contributed by atoms with Crippen LogP contribution < -0.4 is 24.3 Å². The van der Waals surface area contributed by atoms with Crippen LogP contribution in [0.3, 0.4) is 0 Å². The number of hydrogen-bond donors (Lipinski definition) is 1. The van der Waals surface area contributed by atoms with Crippen molar-refractivity contribution >= 4 is 5.91 Å². The van der Waals surface area contributed by atoms with Gasteiger partial charge in [-0.25, -0.2) is 0 Å². The van der Waals surface area contributed by atoms with Gasteiger partial charge in [-0.1, -0.05) is 6.07 Å². The third-order valence-electron chi connectivity index (χ3n) is 5.36. The summed E-state index contributed by atoms with van der Waals surface area (Å²) >= 11 is 0. The number of nitrogens with one attached hydrogen (secondary N) is 1. The number of ether oxygens (including phenoxy) is 5. The van der Waals surface area contributed by atoms with Gasteiger partial charge in [0.2, 0.25) is 13.6 Å². The first-order chi connectivity index (χ1) is 14.3. The van der Waals surface area contributed by atoms with Gasteiger partial charge in [-0.3, -0.25) is 9.69 Å². The minimum absolute atomic E-state index is 0.00589. The van der Waals surface area contributed by atoms with Crippen LogP contribution in [0, 0.1) is 0 Å². The fourth-order valence-electron chi connectivity index (χ4n) is 3.80. The third kappa shape index (κ3) is 3.68. The number of carbonyl (C=O) groups is 1. The molecule has 1 atom stereocenters. The number of fused-ring (bicyclic) bond motifs is 2. The predicted molar refractivity (Wildman–Crippen MR) is 103 cm³/mol. The van der Waals surface area contributed by atoms with Crippen LogP contribution in [0.25, 0.3) is 0 Å². The Morgan fingerprint density at radius 3 is 2.31 bits per heavy atom. The fraction of sp³-hybridized carbons (Fsp3) is 0.381. The molecule has 1 N–H and O–H groups in total. The highest BCUT2D eigenvalue weighted by Crippen LogP contribution is 2.36. The van der Waals surface area contributed by atoms with Crippen molar-refractivity contribution < 1.29 is 28.5 Å². The standard InChI is InChI=1S/C21H22N2O6/c24-21(15-2-4-18-20(10-15)29-13-27-18)22-11-16(23-5-7-25-8-6-23)14-1-3-17-19(9-14)28-12-26-17/h1-4,9-10,16H,5-8,11-13H2,(H,22,24). The molecule has 2 aromatic rings. The Hall–Kier alpha value is -2.97. The Morgan fingerprint density at radius 2 is 1.55 bits per heavy atom. The normalized spacial score (nSPS) is 18.5. The summed E-state index contributed by atoms with van der Waals surface area (Å²) in [4.78, 5) is 15.1. The van der Waals surface area contributed by atoms with Crippen molar-refractivity contribution in [1.29, 1.82) is 0 Å². The third-order valence-corrected chi connectivity index (χ3v) is 5.36. The molecule has 0 spiro atoms. The summed E-state index contributed by atoms with van der Waals surface area (Å²) in [6, 6.07) is 11.2. The van der Waals surface area contributed by atoms with Gasteiger partial charge in [-0.2, -0.15) is 0 Å². The summed E-state index contributed by atoms with van der Waals surface area (Å²) in [5.41, 5.74) is 1.61. The van der Waals surface area contributed by atoms with Crippen LogP contribution in [-0.2, 0) is 4.74 Å². The van der Waals surface area contributed by atoms with E-state index in [1.54, 1.807) is 18.2 Å². The monoisotopic (exact) mass is 398 g/mol. The fourth-order valence-corrected chi connectivity index (χ4v) is 3.80. The highest BCUT2D eigenvalue weighted by Gasteiger charge is 2.26. The topological polar surface area (TPSA) is 78.5 Å². The minimum Gasteiger partial charge on any atom is -0.454 e. The van der Waals surface area contributed by atoms with Gasteiger partial charge >= 0.3 is 0 Å². The van der Waals surface area contributed by atoms with E-state index in [1.165, 1.54) is 0 Å². The van der Waals surface area contributed by atoms with E-state index in [2.05, 4.69) is 10.2 Å². The quantitative estimate of drug-likeness (QED) is 0.825. The van der Waals surface area contributed by atoms with Crippen molar-refractivity contribution in [2.45, 2.75) is 6.04 Å². The Labute approximate surface area is 168 Å². The lowest BCUT2D eigenvalue weighted by Crippen LogP contribution is -2.43. The maximum Gasteiger partial charge on any atom is 0.251 e. The molecule has 152 valence electrons. The molecular weight excluding hydrogens is 376 g/mol. The van der Waals surface area contributed by atoms with Crippen molar-refractivity contribution in [3.05, 3.63) is 47.5 Å². The molecule has 3 aliphatic rings. The van der Waals surface area contributed by atoms with Crippen LogP contribution in [-0.4, -0.2) is 57.2 Å². The summed E-state index contributed by atoms with van der Waals surface area (Å²) in [5, 5.41) is 3.06. The van der Waals surface area contributed by atoms with Crippen LogP contribution in [0.1, 0.15) is 22.0 Å². The van der Waals surface area contributed by atoms with E-state index >= 15 is 0 Å². The number of rotatable bonds is 5. The summed E-state index contributed by atoms with van der Waals surface area (Å²) in [6.07, 6.45) is 0. The van der Waals surface area contributed by atoms with Crippen molar-refractivity contribution in [3.8, 4) is 23.0 Å². The molecule has 3 heterocycles. The van der Waals surface area contributed by atoms with Crippen LogP contribution in [0.15, 0.2) is 36.4 Å². The maximum absolute atomic E-state index is 12.8. The Balaban J connectivity index is 1.33. The van der Waals surface area contributed by atoms with Crippen molar-refractivity contribution in [2.24, 2.45) is 0 Å². The molecule has 1 saturated heterocycles. The largest absolute Gasteiger partial charge is 0.454 e. The van der Waals surface area contributed by atoms with Gasteiger partial charge in [0.1, 0.15) is 0 Å². The van der Waals surface area contributed by atoms with Crippen LogP contribution in [0.2, 0.25) is 0 Å². The van der Waals surface area contributed by atoms with Crippen molar-refractivity contribution in [2.75, 3.05) is 46.4 Å². The van der Waals surface area contributed by atoms with E-state index in [0.29, 0.717) is 36.8 Å². The van der Waals surface area contributed by atoms with Gasteiger partial charge < -0.3 is 29.0 Å². The van der Waals surface area contributed by atoms with Crippen LogP contribution in [0.5, 0.6) is 23.0 Å². The lowest BCUT2D eigenvalue weighted by atomic mass is 10.0. The molecule has 3 aliphatic heterocycles. The zero-order valence-corrected chi connectivity index (χ0v) is 15.9. The first kappa shape index (κ1) is 18.1. The second kappa shape index (κ2) is 7.81. The molecule has 1 fully saturated rings. The Bertz CT molecular complexity index is 912. The number of nitrogens with zero attached hydrogens (tertiary/aromatic N) is 1. The molecule has 1 unspecified atom stereocenters. The number of morpholine rings is 1. The average molecular weight is 398 g/mol. The molecule has 0 bridgehead atoms. The molecule has 1 amide bonds. The van der Waals surface area contributed by atoms with E-state index in [0.717, 1.165) is 30.2 Å². The molecule has 0 saturated carbocycles. The molecule has 0 aromatic heterocycles. The minimum atomic E-state index is -0.151. The average Bonchev–Trinajstić information content (AvgIpc) is 3.42. The predicted octanol–water partition coefficient (Wildman–Crippen LogP) is 1.95. The summed E-state index contributed by atoms with van der Waals surface area (Å²) in [7, 11) is 0. The summed E-state index contributed by atoms with van der Waals surface area (Å²) < 4.78 is 27.1. The SMILES string of the molecule is O=C(NCC(c1ccc2c(c1)OCO2)N1CCOCC1)c1ccc2c(c1)OCO2. The molecule has 8 nitrogen and oxygen atoms in total. The number of amides is 1. The van der Waals surface area contributed by atoms with E-state index in [4.69, 9.17) is 23.7 Å². The second-order valence-corrected chi connectivity index (χ2v) is 7.05. The molecule has 8 heteroatoms. The molecular formula is C21H22N2O6. The Morgan fingerprint density at radius 1 is 0.897 bits per heavy atom. The second-order valence-electron chi connectivity index (χ2n) is 7.05. The molecule has 0 radical (unpaired) electrons. The highest BCUT2D eigenvalue weighted by molar-refractivity contribution is 5.95. The zero-order valence-electron chi connectivity index (χ0n) is 15.9. The van der Waals surface area contributed by atoms with Gasteiger partial charge in [-0.15, -0.1) is 0 Å². The van der Waals surface area contributed by atoms with Crippen LogP contribution >= 0.6 is 0 Å². The van der Waals surface area contributed by atoms with E-state index in [1.807, 2.05) is 18.2 Å². The summed E-state index contributed by atoms with van der Waals surface area (Å²) in [6.45, 7) is 3.85. The highest BCUT2D eigenvalue weighted by atomic mass is 16.7. The number of hydrogen-bond acceptors (Lipinski definition) is 7. The smallest absolute Gasteiger partial charge is 0.251 e. The number of benzene rings is 2. The number of carbonyl (C=O) groups excluding carboxylic acids is 1. The van der Waals surface area contributed by atoms with E-state index in [9.17, 15) is 4.79 Å². The van der Waals surface area contributed by atoms with Crippen molar-refractivity contribution in [1.82, 2.24) is 10.2 Å². The van der Waals surface area contributed by atoms with Crippen LogP contribution in [0.4, 0.5) is 0 Å². The maximum atomic E-state index is 12.8. The van der Waals surface area contributed by atoms with Gasteiger partial charge in [0.25, 0.3) is 5.91 Å². The van der Waals surface area contributed by atoms with Gasteiger partial charge in [-0.05, 0) is 35.9 Å².